The third-order valence-corrected chi connectivity index (χ3v) is 6.57. The number of ketones is 1. The minimum Gasteiger partial charge on any atom is -0.325 e. The van der Waals surface area contributed by atoms with Gasteiger partial charge in [0.2, 0.25) is 5.91 Å². The van der Waals surface area contributed by atoms with Gasteiger partial charge in [-0.25, -0.2) is 12.8 Å². The highest BCUT2D eigenvalue weighted by Crippen LogP contribution is 2.27. The van der Waals surface area contributed by atoms with Crippen molar-refractivity contribution in [1.29, 1.82) is 0 Å². The second-order valence-corrected chi connectivity index (χ2v) is 9.57. The van der Waals surface area contributed by atoms with E-state index in [9.17, 15) is 22.4 Å². The Kier molecular flexibility index (Phi) is 6.70. The molecule has 0 fully saturated rings. The lowest BCUT2D eigenvalue weighted by Gasteiger charge is -2.12. The normalized spacial score (nSPS) is 11.2. The number of carbonyl (C=O) groups excluding carboxylic acids is 2. The van der Waals surface area contributed by atoms with E-state index in [0.29, 0.717) is 4.47 Å². The first-order valence-corrected chi connectivity index (χ1v) is 11.4. The van der Waals surface area contributed by atoms with Crippen molar-refractivity contribution in [2.45, 2.75) is 4.90 Å². The Morgan fingerprint density at radius 1 is 0.967 bits per heavy atom. The fourth-order valence-corrected chi connectivity index (χ4v) is 4.41. The molecule has 0 aromatic heterocycles. The van der Waals surface area contributed by atoms with Gasteiger partial charge in [-0.2, -0.15) is 0 Å². The number of benzene rings is 3. The number of halogens is 3. The maximum Gasteiger partial charge on any atom is 0.239 e. The summed E-state index contributed by atoms with van der Waals surface area (Å²) >= 11 is 9.39. The molecule has 0 unspecified atom stereocenters. The highest BCUT2D eigenvalue weighted by Gasteiger charge is 2.22. The zero-order valence-electron chi connectivity index (χ0n) is 15.2. The van der Waals surface area contributed by atoms with Crippen LogP contribution in [0.15, 0.2) is 76.1 Å². The summed E-state index contributed by atoms with van der Waals surface area (Å²) in [7, 11) is -3.99. The van der Waals surface area contributed by atoms with Crippen LogP contribution >= 0.6 is 27.5 Å². The van der Waals surface area contributed by atoms with Crippen LogP contribution in [-0.4, -0.2) is 25.9 Å². The van der Waals surface area contributed by atoms with Gasteiger partial charge in [0.1, 0.15) is 11.6 Å². The van der Waals surface area contributed by atoms with Crippen LogP contribution in [0.1, 0.15) is 15.9 Å². The summed E-state index contributed by atoms with van der Waals surface area (Å²) in [5.41, 5.74) is 0.527. The maximum atomic E-state index is 13.0. The summed E-state index contributed by atoms with van der Waals surface area (Å²) in [4.78, 5) is 25.2. The van der Waals surface area contributed by atoms with Gasteiger partial charge in [0.25, 0.3) is 0 Å². The predicted molar refractivity (Wildman–Crippen MR) is 116 cm³/mol. The molecule has 3 aromatic rings. The molecule has 1 amide bonds. The van der Waals surface area contributed by atoms with E-state index in [1.54, 1.807) is 30.3 Å². The largest absolute Gasteiger partial charge is 0.325 e. The van der Waals surface area contributed by atoms with Crippen LogP contribution in [0.4, 0.5) is 10.1 Å². The molecule has 0 aliphatic rings. The lowest BCUT2D eigenvalue weighted by atomic mass is 10.0. The summed E-state index contributed by atoms with van der Waals surface area (Å²) in [5, 5.41) is 2.72. The monoisotopic (exact) mass is 509 g/mol. The molecule has 0 heterocycles. The molecule has 0 spiro atoms. The summed E-state index contributed by atoms with van der Waals surface area (Å²) in [5.74, 6) is -2.72. The Bertz CT molecular complexity index is 1230. The number of rotatable bonds is 6. The van der Waals surface area contributed by atoms with Crippen LogP contribution < -0.4 is 5.32 Å². The number of sulfone groups is 1. The topological polar surface area (TPSA) is 80.3 Å². The maximum absolute atomic E-state index is 13.0. The summed E-state index contributed by atoms with van der Waals surface area (Å²) < 4.78 is 38.4. The van der Waals surface area contributed by atoms with E-state index in [0.717, 1.165) is 24.3 Å². The molecule has 3 rings (SSSR count). The predicted octanol–water partition coefficient (Wildman–Crippen LogP) is 4.89. The average Bonchev–Trinajstić information content (AvgIpc) is 2.69. The van der Waals surface area contributed by atoms with E-state index in [4.69, 9.17) is 11.6 Å². The summed E-state index contributed by atoms with van der Waals surface area (Å²) in [6.07, 6.45) is 0. The van der Waals surface area contributed by atoms with Gasteiger partial charge in [0, 0.05) is 15.6 Å². The van der Waals surface area contributed by atoms with Crippen LogP contribution in [0.2, 0.25) is 5.02 Å². The lowest BCUT2D eigenvalue weighted by Crippen LogP contribution is -2.24. The Balaban J connectivity index is 1.86. The molecule has 0 radical (unpaired) electrons. The van der Waals surface area contributed by atoms with Crippen molar-refractivity contribution in [2.24, 2.45) is 0 Å². The molecule has 0 atom stereocenters. The Morgan fingerprint density at radius 3 is 2.30 bits per heavy atom. The third kappa shape index (κ3) is 5.13. The van der Waals surface area contributed by atoms with E-state index < -0.39 is 33.1 Å². The molecule has 0 aliphatic carbocycles. The molecule has 5 nitrogen and oxygen atoms in total. The van der Waals surface area contributed by atoms with Crippen LogP contribution in [-0.2, 0) is 14.6 Å². The van der Waals surface area contributed by atoms with Gasteiger partial charge in [0.15, 0.2) is 15.6 Å². The van der Waals surface area contributed by atoms with E-state index in [-0.39, 0.29) is 26.7 Å². The second kappa shape index (κ2) is 9.07. The van der Waals surface area contributed by atoms with Crippen LogP contribution in [0.25, 0.3) is 0 Å². The van der Waals surface area contributed by atoms with E-state index >= 15 is 0 Å². The van der Waals surface area contributed by atoms with Crippen molar-refractivity contribution >= 4 is 54.7 Å². The van der Waals surface area contributed by atoms with Gasteiger partial charge in [-0.15, -0.1) is 0 Å². The van der Waals surface area contributed by atoms with Crippen molar-refractivity contribution in [3.8, 4) is 0 Å². The SMILES string of the molecule is O=C(CS(=O)(=O)c1ccc(F)cc1)Nc1ccc(Br)cc1C(=O)c1ccccc1Cl. The van der Waals surface area contributed by atoms with E-state index in [1.165, 1.54) is 12.1 Å². The zero-order valence-corrected chi connectivity index (χ0v) is 18.4. The molecule has 0 bridgehead atoms. The van der Waals surface area contributed by atoms with Crippen LogP contribution in [0.3, 0.4) is 0 Å². The van der Waals surface area contributed by atoms with Crippen molar-refractivity contribution in [2.75, 3.05) is 11.1 Å². The lowest BCUT2D eigenvalue weighted by molar-refractivity contribution is -0.113. The standard InChI is InChI=1S/C21H14BrClFNO4S/c22-13-5-10-19(17(11-13)21(27)16-3-1-2-4-18(16)23)25-20(26)12-30(28,29)15-8-6-14(24)7-9-15/h1-11H,12H2,(H,25,26). The van der Waals surface area contributed by atoms with E-state index in [1.807, 2.05) is 0 Å². The summed E-state index contributed by atoms with van der Waals surface area (Å²) in [6, 6.07) is 15.2. The van der Waals surface area contributed by atoms with Gasteiger partial charge in [-0.05, 0) is 54.6 Å². The average molecular weight is 511 g/mol. The van der Waals surface area contributed by atoms with Crippen LogP contribution in [0.5, 0.6) is 0 Å². The minimum atomic E-state index is -3.99. The molecule has 0 saturated carbocycles. The number of anilines is 1. The molecule has 154 valence electrons. The number of carbonyl (C=O) groups is 2. The zero-order chi connectivity index (χ0) is 21.9. The Morgan fingerprint density at radius 2 is 1.63 bits per heavy atom. The minimum absolute atomic E-state index is 0.141. The van der Waals surface area contributed by atoms with Gasteiger partial charge in [-0.3, -0.25) is 9.59 Å². The smallest absolute Gasteiger partial charge is 0.239 e. The quantitative estimate of drug-likeness (QED) is 0.378. The molecule has 1 N–H and O–H groups in total. The van der Waals surface area contributed by atoms with Gasteiger partial charge in [-0.1, -0.05) is 39.7 Å². The molecule has 9 heteroatoms. The molecule has 0 aliphatic heterocycles. The first-order chi connectivity index (χ1) is 14.2. The molecular weight excluding hydrogens is 497 g/mol. The molecule has 30 heavy (non-hydrogen) atoms. The van der Waals surface area contributed by atoms with Crippen LogP contribution in [0, 0.1) is 5.82 Å². The number of hydrogen-bond acceptors (Lipinski definition) is 4. The van der Waals surface area contributed by atoms with Crippen molar-refractivity contribution in [3.63, 3.8) is 0 Å². The van der Waals surface area contributed by atoms with Crippen molar-refractivity contribution in [3.05, 3.63) is 93.2 Å². The fourth-order valence-electron chi connectivity index (χ4n) is 2.69. The molecule has 0 saturated heterocycles. The number of nitrogens with one attached hydrogen (secondary N) is 1. The molecule has 3 aromatic carbocycles. The van der Waals surface area contributed by atoms with E-state index in [2.05, 4.69) is 21.2 Å². The van der Waals surface area contributed by atoms with Gasteiger partial charge in [0.05, 0.1) is 15.6 Å². The van der Waals surface area contributed by atoms with Crippen molar-refractivity contribution < 1.29 is 22.4 Å². The Hall–Kier alpha value is -2.55. The second-order valence-electron chi connectivity index (χ2n) is 6.26. The molecular formula is C21H14BrClFNO4S. The van der Waals surface area contributed by atoms with Gasteiger partial charge < -0.3 is 5.32 Å². The third-order valence-electron chi connectivity index (χ3n) is 4.11. The van der Waals surface area contributed by atoms with Crippen molar-refractivity contribution in [1.82, 2.24) is 0 Å². The fraction of sp³-hybridized carbons (Fsp3) is 0.0476. The first kappa shape index (κ1) is 22.1. The summed E-state index contributed by atoms with van der Waals surface area (Å²) in [6.45, 7) is 0. The van der Waals surface area contributed by atoms with Gasteiger partial charge >= 0.3 is 0 Å². The highest BCUT2D eigenvalue weighted by molar-refractivity contribution is 9.10. The Labute approximate surface area is 185 Å². The number of hydrogen-bond donors (Lipinski definition) is 1. The highest BCUT2D eigenvalue weighted by atomic mass is 79.9. The number of amides is 1. The first-order valence-electron chi connectivity index (χ1n) is 8.54.